The SMILES string of the molecule is C1=CC2C(c3ccccc3N2c2cc(-c3ccccc3)cc(-c3ccccc3)c2)c2oc3ccccc3c21. The first-order valence-electron chi connectivity index (χ1n) is 13.2. The van der Waals surface area contributed by atoms with Crippen molar-refractivity contribution in [3.8, 4) is 22.3 Å². The zero-order valence-electron chi connectivity index (χ0n) is 20.8. The minimum absolute atomic E-state index is 0.134. The Morgan fingerprint density at radius 3 is 1.95 bits per heavy atom. The van der Waals surface area contributed by atoms with Gasteiger partial charge in [-0.2, -0.15) is 0 Å². The van der Waals surface area contributed by atoms with Gasteiger partial charge in [0.1, 0.15) is 11.3 Å². The summed E-state index contributed by atoms with van der Waals surface area (Å²) in [4.78, 5) is 2.51. The summed E-state index contributed by atoms with van der Waals surface area (Å²) < 4.78 is 6.55. The van der Waals surface area contributed by atoms with E-state index in [1.165, 1.54) is 50.1 Å². The van der Waals surface area contributed by atoms with Crippen molar-refractivity contribution >= 4 is 28.4 Å². The molecule has 0 saturated carbocycles. The van der Waals surface area contributed by atoms with E-state index < -0.39 is 0 Å². The summed E-state index contributed by atoms with van der Waals surface area (Å²) >= 11 is 0. The van der Waals surface area contributed by atoms with Crippen LogP contribution in [0, 0.1) is 0 Å². The first-order chi connectivity index (χ1) is 18.8. The molecule has 180 valence electrons. The van der Waals surface area contributed by atoms with Gasteiger partial charge < -0.3 is 9.32 Å². The number of rotatable bonds is 3. The van der Waals surface area contributed by atoms with E-state index in [-0.39, 0.29) is 12.0 Å². The number of hydrogen-bond donors (Lipinski definition) is 0. The second-order valence-corrected chi connectivity index (χ2v) is 10.1. The number of hydrogen-bond acceptors (Lipinski definition) is 2. The van der Waals surface area contributed by atoms with Crippen LogP contribution in [0.3, 0.4) is 0 Å². The smallest absolute Gasteiger partial charge is 0.134 e. The first-order valence-corrected chi connectivity index (χ1v) is 13.2. The fraction of sp³-hybridized carbons (Fsp3) is 0.0556. The lowest BCUT2D eigenvalue weighted by Crippen LogP contribution is -2.30. The molecule has 38 heavy (non-hydrogen) atoms. The van der Waals surface area contributed by atoms with Crippen LogP contribution in [0.25, 0.3) is 39.3 Å². The average molecular weight is 488 g/mol. The van der Waals surface area contributed by atoms with E-state index in [2.05, 4.69) is 138 Å². The van der Waals surface area contributed by atoms with Gasteiger partial charge in [0, 0.05) is 22.3 Å². The maximum Gasteiger partial charge on any atom is 0.134 e. The van der Waals surface area contributed by atoms with Crippen molar-refractivity contribution in [2.75, 3.05) is 4.90 Å². The van der Waals surface area contributed by atoms with Gasteiger partial charge >= 0.3 is 0 Å². The number of benzene rings is 5. The topological polar surface area (TPSA) is 16.4 Å². The Labute approximate surface area is 222 Å². The van der Waals surface area contributed by atoms with Gasteiger partial charge in [-0.3, -0.25) is 0 Å². The molecule has 0 N–H and O–H groups in total. The van der Waals surface area contributed by atoms with Crippen LogP contribution in [0.2, 0.25) is 0 Å². The number of fused-ring (bicyclic) bond motifs is 7. The van der Waals surface area contributed by atoms with Gasteiger partial charge in [0.25, 0.3) is 0 Å². The first kappa shape index (κ1) is 21.3. The third-order valence-electron chi connectivity index (χ3n) is 7.99. The van der Waals surface area contributed by atoms with Gasteiger partial charge in [0.05, 0.1) is 12.0 Å². The highest BCUT2D eigenvalue weighted by atomic mass is 16.3. The minimum atomic E-state index is 0.134. The lowest BCUT2D eigenvalue weighted by atomic mass is 9.85. The molecule has 1 aliphatic carbocycles. The summed E-state index contributed by atoms with van der Waals surface area (Å²) in [5, 5.41) is 1.19. The van der Waals surface area contributed by atoms with Gasteiger partial charge in [0.15, 0.2) is 0 Å². The third-order valence-corrected chi connectivity index (χ3v) is 7.99. The highest BCUT2D eigenvalue weighted by Gasteiger charge is 2.43. The van der Waals surface area contributed by atoms with E-state index in [4.69, 9.17) is 4.42 Å². The minimum Gasteiger partial charge on any atom is -0.460 e. The molecule has 1 aromatic heterocycles. The van der Waals surface area contributed by atoms with Crippen LogP contribution in [0.15, 0.2) is 138 Å². The van der Waals surface area contributed by atoms with E-state index in [1.807, 2.05) is 6.07 Å². The Morgan fingerprint density at radius 1 is 0.579 bits per heavy atom. The molecule has 0 amide bonds. The molecule has 0 spiro atoms. The number of anilines is 2. The molecule has 0 fully saturated rings. The molecule has 0 radical (unpaired) electrons. The van der Waals surface area contributed by atoms with Gasteiger partial charge in [0.2, 0.25) is 0 Å². The van der Waals surface area contributed by atoms with Crippen LogP contribution in [-0.4, -0.2) is 6.04 Å². The Hall–Kier alpha value is -4.82. The number of para-hydroxylation sites is 2. The molecule has 6 aromatic rings. The molecular formula is C36H25NO. The molecule has 2 heterocycles. The van der Waals surface area contributed by atoms with Crippen LogP contribution in [0.4, 0.5) is 11.4 Å². The molecule has 8 rings (SSSR count). The van der Waals surface area contributed by atoms with Crippen molar-refractivity contribution in [1.29, 1.82) is 0 Å². The summed E-state index contributed by atoms with van der Waals surface area (Å²) in [7, 11) is 0. The summed E-state index contributed by atoms with van der Waals surface area (Å²) in [6, 6.07) is 45.6. The van der Waals surface area contributed by atoms with Crippen molar-refractivity contribution in [3.05, 3.63) is 150 Å². The predicted octanol–water partition coefficient (Wildman–Crippen LogP) is 9.45. The maximum absolute atomic E-state index is 6.55. The third kappa shape index (κ3) is 3.20. The van der Waals surface area contributed by atoms with Crippen molar-refractivity contribution in [3.63, 3.8) is 0 Å². The molecular weight excluding hydrogens is 462 g/mol. The normalized spacial score (nSPS) is 17.3. The summed E-state index contributed by atoms with van der Waals surface area (Å²) in [6.45, 7) is 0. The molecule has 5 aromatic carbocycles. The Bertz CT molecular complexity index is 1770. The van der Waals surface area contributed by atoms with Crippen molar-refractivity contribution in [2.24, 2.45) is 0 Å². The molecule has 2 unspecified atom stereocenters. The molecule has 2 aliphatic rings. The second-order valence-electron chi connectivity index (χ2n) is 10.1. The summed E-state index contributed by atoms with van der Waals surface area (Å²) in [6.07, 6.45) is 4.63. The van der Waals surface area contributed by atoms with Gasteiger partial charge in [-0.1, -0.05) is 109 Å². The van der Waals surface area contributed by atoms with E-state index >= 15 is 0 Å². The average Bonchev–Trinajstić information content (AvgIpc) is 3.53. The van der Waals surface area contributed by atoms with Crippen LogP contribution in [0.1, 0.15) is 22.8 Å². The van der Waals surface area contributed by atoms with Crippen molar-refractivity contribution in [2.45, 2.75) is 12.0 Å². The van der Waals surface area contributed by atoms with E-state index in [0.29, 0.717) is 0 Å². The molecule has 2 heteroatoms. The Morgan fingerprint density at radius 2 is 1.21 bits per heavy atom. The standard InChI is InChI=1S/C36H25NO/c1-3-11-24(12-4-1)26-21-27(25-13-5-2-6-14-25)23-28(22-26)37-32-17-9-7-16-31(32)35-33(37)20-19-30-29-15-8-10-18-34(29)38-36(30)35/h1-23,33,35H. The fourth-order valence-corrected chi connectivity index (χ4v) is 6.30. The van der Waals surface area contributed by atoms with E-state index in [9.17, 15) is 0 Å². The molecule has 0 bridgehead atoms. The molecule has 1 aliphatic heterocycles. The van der Waals surface area contributed by atoms with Crippen LogP contribution in [-0.2, 0) is 0 Å². The largest absolute Gasteiger partial charge is 0.460 e. The fourth-order valence-electron chi connectivity index (χ4n) is 6.30. The Kier molecular flexibility index (Phi) is 4.68. The van der Waals surface area contributed by atoms with Gasteiger partial charge in [-0.15, -0.1) is 0 Å². The van der Waals surface area contributed by atoms with Gasteiger partial charge in [-0.05, 0) is 58.1 Å². The quantitative estimate of drug-likeness (QED) is 0.247. The zero-order valence-corrected chi connectivity index (χ0v) is 20.8. The second kappa shape index (κ2) is 8.36. The molecule has 2 nitrogen and oxygen atoms in total. The highest BCUT2D eigenvalue weighted by Crippen LogP contribution is 2.53. The van der Waals surface area contributed by atoms with E-state index in [1.54, 1.807) is 0 Å². The molecule has 2 atom stereocenters. The van der Waals surface area contributed by atoms with E-state index in [0.717, 1.165) is 11.3 Å². The van der Waals surface area contributed by atoms with Crippen molar-refractivity contribution < 1.29 is 4.42 Å². The number of nitrogens with zero attached hydrogens (tertiary/aromatic N) is 1. The van der Waals surface area contributed by atoms with Crippen molar-refractivity contribution in [1.82, 2.24) is 0 Å². The summed E-state index contributed by atoms with van der Waals surface area (Å²) in [5.74, 6) is 1.20. The zero-order chi connectivity index (χ0) is 25.1. The van der Waals surface area contributed by atoms with Crippen LogP contribution in [0.5, 0.6) is 0 Å². The lowest BCUT2D eigenvalue weighted by molar-refractivity contribution is 0.505. The lowest BCUT2D eigenvalue weighted by Gasteiger charge is -2.30. The van der Waals surface area contributed by atoms with Crippen LogP contribution < -0.4 is 4.90 Å². The van der Waals surface area contributed by atoms with Crippen LogP contribution >= 0.6 is 0 Å². The predicted molar refractivity (Wildman–Crippen MR) is 157 cm³/mol. The highest BCUT2D eigenvalue weighted by molar-refractivity contribution is 5.92. The summed E-state index contributed by atoms with van der Waals surface area (Å²) in [5.41, 5.74) is 10.8. The number of furan rings is 1. The van der Waals surface area contributed by atoms with Gasteiger partial charge in [-0.25, -0.2) is 0 Å². The Balaban J connectivity index is 1.34. The maximum atomic E-state index is 6.55. The molecule has 0 saturated heterocycles. The monoisotopic (exact) mass is 487 g/mol.